The standard InChI is InChI=1S/C24H27N3O2S2/c1-4-27-22(13-17-9-6-5-7-10-17)25-26-24(27)30-16(3)19(29)14-21-23(15(2)28)18-11-8-12-20(18)31-21/h5-7,9-10,16H,4,8,11-14H2,1-3H3. The number of hydrogen-bond donors (Lipinski definition) is 0. The number of thiophene rings is 1. The first-order valence-corrected chi connectivity index (χ1v) is 12.5. The zero-order valence-electron chi connectivity index (χ0n) is 18.2. The average Bonchev–Trinajstić information content (AvgIpc) is 3.43. The molecule has 1 unspecified atom stereocenters. The predicted octanol–water partition coefficient (Wildman–Crippen LogP) is 4.93. The average molecular weight is 454 g/mol. The summed E-state index contributed by atoms with van der Waals surface area (Å²) in [5.74, 6) is 1.12. The normalized spacial score (nSPS) is 13.9. The lowest BCUT2D eigenvalue weighted by molar-refractivity contribution is -0.117. The SMILES string of the molecule is CCn1c(Cc2ccccc2)nnc1SC(C)C(=O)Cc1sc2c(c1C(C)=O)CCC2. The largest absolute Gasteiger partial charge is 0.306 e. The molecule has 1 aliphatic rings. The van der Waals surface area contributed by atoms with Crippen molar-refractivity contribution >= 4 is 34.7 Å². The third kappa shape index (κ3) is 4.67. The maximum atomic E-state index is 13.0. The summed E-state index contributed by atoms with van der Waals surface area (Å²) in [6.45, 7) is 6.36. The Morgan fingerprint density at radius 1 is 1.19 bits per heavy atom. The van der Waals surface area contributed by atoms with Crippen LogP contribution in [-0.2, 0) is 37.0 Å². The Bertz CT molecular complexity index is 1100. The maximum Gasteiger partial charge on any atom is 0.191 e. The van der Waals surface area contributed by atoms with Crippen molar-refractivity contribution in [2.24, 2.45) is 0 Å². The van der Waals surface area contributed by atoms with Crippen molar-refractivity contribution in [2.45, 2.75) is 69.8 Å². The molecule has 0 amide bonds. The first-order chi connectivity index (χ1) is 15.0. The van der Waals surface area contributed by atoms with E-state index < -0.39 is 0 Å². The van der Waals surface area contributed by atoms with Crippen molar-refractivity contribution in [1.29, 1.82) is 0 Å². The molecule has 1 aromatic carbocycles. The van der Waals surface area contributed by atoms with Crippen LogP contribution >= 0.6 is 23.1 Å². The van der Waals surface area contributed by atoms with Crippen LogP contribution in [0.5, 0.6) is 0 Å². The van der Waals surface area contributed by atoms with E-state index in [4.69, 9.17) is 0 Å². The summed E-state index contributed by atoms with van der Waals surface area (Å²) >= 11 is 3.12. The lowest BCUT2D eigenvalue weighted by atomic mass is 10.0. The first kappa shape index (κ1) is 22.0. The van der Waals surface area contributed by atoms with Gasteiger partial charge in [-0.2, -0.15) is 0 Å². The minimum atomic E-state index is -0.254. The van der Waals surface area contributed by atoms with E-state index in [0.717, 1.165) is 47.2 Å². The minimum absolute atomic E-state index is 0.0822. The number of carbonyl (C=O) groups excluding carboxylic acids is 2. The number of aromatic nitrogens is 3. The van der Waals surface area contributed by atoms with Crippen LogP contribution in [0.3, 0.4) is 0 Å². The van der Waals surface area contributed by atoms with Gasteiger partial charge in [0.15, 0.2) is 16.7 Å². The number of thioether (sulfide) groups is 1. The van der Waals surface area contributed by atoms with E-state index in [-0.39, 0.29) is 16.8 Å². The molecule has 3 aromatic rings. The number of rotatable bonds is 9. The fourth-order valence-corrected chi connectivity index (χ4v) is 6.59. The highest BCUT2D eigenvalue weighted by atomic mass is 32.2. The zero-order valence-corrected chi connectivity index (χ0v) is 19.8. The number of aryl methyl sites for hydroxylation is 1. The van der Waals surface area contributed by atoms with Crippen molar-refractivity contribution in [3.63, 3.8) is 0 Å². The van der Waals surface area contributed by atoms with Crippen LogP contribution in [0.15, 0.2) is 35.5 Å². The van der Waals surface area contributed by atoms with Crippen LogP contribution in [0.4, 0.5) is 0 Å². The summed E-state index contributed by atoms with van der Waals surface area (Å²) < 4.78 is 2.09. The Morgan fingerprint density at radius 3 is 2.68 bits per heavy atom. The van der Waals surface area contributed by atoms with Gasteiger partial charge in [-0.05, 0) is 51.2 Å². The van der Waals surface area contributed by atoms with Crippen LogP contribution in [0, 0.1) is 0 Å². The van der Waals surface area contributed by atoms with Gasteiger partial charge in [-0.15, -0.1) is 21.5 Å². The van der Waals surface area contributed by atoms with Gasteiger partial charge in [0.1, 0.15) is 5.82 Å². The molecule has 0 radical (unpaired) electrons. The highest BCUT2D eigenvalue weighted by Crippen LogP contribution is 2.37. The Labute approximate surface area is 191 Å². The monoisotopic (exact) mass is 453 g/mol. The fourth-order valence-electron chi connectivity index (χ4n) is 4.15. The molecule has 2 aromatic heterocycles. The molecule has 0 saturated heterocycles. The van der Waals surface area contributed by atoms with Crippen LogP contribution in [-0.4, -0.2) is 31.6 Å². The summed E-state index contributed by atoms with van der Waals surface area (Å²) in [6, 6.07) is 10.2. The molecule has 31 heavy (non-hydrogen) atoms. The van der Waals surface area contributed by atoms with Crippen molar-refractivity contribution in [3.05, 3.63) is 62.6 Å². The van der Waals surface area contributed by atoms with Gasteiger partial charge in [0, 0.05) is 34.7 Å². The summed E-state index contributed by atoms with van der Waals surface area (Å²) in [5.41, 5.74) is 3.19. The number of nitrogens with zero attached hydrogens (tertiary/aromatic N) is 3. The van der Waals surface area contributed by atoms with Gasteiger partial charge in [0.25, 0.3) is 0 Å². The molecule has 1 atom stereocenters. The number of fused-ring (bicyclic) bond motifs is 1. The van der Waals surface area contributed by atoms with Crippen LogP contribution in [0.25, 0.3) is 0 Å². The van der Waals surface area contributed by atoms with Crippen molar-refractivity contribution in [1.82, 2.24) is 14.8 Å². The van der Waals surface area contributed by atoms with Gasteiger partial charge in [-0.3, -0.25) is 9.59 Å². The molecule has 0 saturated carbocycles. The summed E-state index contributed by atoms with van der Waals surface area (Å²) in [5, 5.41) is 9.28. The van der Waals surface area contributed by atoms with Gasteiger partial charge in [-0.1, -0.05) is 42.1 Å². The second-order valence-corrected chi connectivity index (χ2v) is 10.4. The summed E-state index contributed by atoms with van der Waals surface area (Å²) in [7, 11) is 0. The molecule has 7 heteroatoms. The molecule has 0 bridgehead atoms. The maximum absolute atomic E-state index is 13.0. The first-order valence-electron chi connectivity index (χ1n) is 10.8. The lowest BCUT2D eigenvalue weighted by Gasteiger charge is -2.12. The van der Waals surface area contributed by atoms with E-state index in [2.05, 4.69) is 33.8 Å². The molecule has 4 rings (SSSR count). The highest BCUT2D eigenvalue weighted by Gasteiger charge is 2.27. The lowest BCUT2D eigenvalue weighted by Crippen LogP contribution is -2.17. The van der Waals surface area contributed by atoms with Gasteiger partial charge in [-0.25, -0.2) is 0 Å². The van der Waals surface area contributed by atoms with Crippen molar-refractivity contribution < 1.29 is 9.59 Å². The second kappa shape index (κ2) is 9.49. The summed E-state index contributed by atoms with van der Waals surface area (Å²) in [4.78, 5) is 27.5. The molecule has 2 heterocycles. The fraction of sp³-hybridized carbons (Fsp3) is 0.417. The van der Waals surface area contributed by atoms with Crippen LogP contribution < -0.4 is 0 Å². The molecule has 1 aliphatic carbocycles. The Kier molecular flexibility index (Phi) is 6.72. The van der Waals surface area contributed by atoms with Gasteiger partial charge in [0.2, 0.25) is 0 Å². The molecule has 0 N–H and O–H groups in total. The summed E-state index contributed by atoms with van der Waals surface area (Å²) in [6.07, 6.45) is 4.14. The molecular formula is C24H27N3O2S2. The Hall–Kier alpha value is -2.25. The quantitative estimate of drug-likeness (QED) is 0.339. The number of hydrogen-bond acceptors (Lipinski definition) is 6. The van der Waals surface area contributed by atoms with Crippen molar-refractivity contribution in [2.75, 3.05) is 0 Å². The Morgan fingerprint density at radius 2 is 1.97 bits per heavy atom. The third-order valence-electron chi connectivity index (χ3n) is 5.73. The molecule has 0 fully saturated rings. The topological polar surface area (TPSA) is 64.8 Å². The number of ketones is 2. The van der Waals surface area contributed by atoms with E-state index in [1.165, 1.54) is 27.8 Å². The van der Waals surface area contributed by atoms with Crippen molar-refractivity contribution in [3.8, 4) is 0 Å². The number of Topliss-reactive ketones (excluding diaryl/α,β-unsaturated/α-hetero) is 2. The Balaban J connectivity index is 1.47. The van der Waals surface area contributed by atoms with E-state index in [0.29, 0.717) is 12.8 Å². The molecule has 0 spiro atoms. The van der Waals surface area contributed by atoms with E-state index in [1.54, 1.807) is 18.3 Å². The third-order valence-corrected chi connectivity index (χ3v) is 8.15. The van der Waals surface area contributed by atoms with Gasteiger partial charge >= 0.3 is 0 Å². The van der Waals surface area contributed by atoms with Gasteiger partial charge < -0.3 is 4.57 Å². The molecular weight excluding hydrogens is 426 g/mol. The van der Waals surface area contributed by atoms with Crippen LogP contribution in [0.1, 0.15) is 64.3 Å². The van der Waals surface area contributed by atoms with E-state index >= 15 is 0 Å². The number of carbonyl (C=O) groups is 2. The smallest absolute Gasteiger partial charge is 0.191 e. The van der Waals surface area contributed by atoms with E-state index in [1.807, 2.05) is 25.1 Å². The number of benzene rings is 1. The van der Waals surface area contributed by atoms with Crippen LogP contribution in [0.2, 0.25) is 0 Å². The van der Waals surface area contributed by atoms with E-state index in [9.17, 15) is 9.59 Å². The molecule has 5 nitrogen and oxygen atoms in total. The predicted molar refractivity (Wildman–Crippen MR) is 125 cm³/mol. The molecule has 0 aliphatic heterocycles. The van der Waals surface area contributed by atoms with Gasteiger partial charge in [0.05, 0.1) is 5.25 Å². The minimum Gasteiger partial charge on any atom is -0.306 e. The molecule has 162 valence electrons. The second-order valence-electron chi connectivity index (χ2n) is 7.92. The highest BCUT2D eigenvalue weighted by molar-refractivity contribution is 8.00. The zero-order chi connectivity index (χ0) is 22.0.